The molecule has 0 saturated heterocycles. The second-order valence-corrected chi connectivity index (χ2v) is 3.42. The quantitative estimate of drug-likeness (QED) is 0.611. The molecule has 1 aromatic rings. The minimum atomic E-state index is 0.00819. The van der Waals surface area contributed by atoms with E-state index in [1.807, 2.05) is 4.68 Å². The second kappa shape index (κ2) is 2.49. The van der Waals surface area contributed by atoms with Crippen molar-refractivity contribution < 1.29 is 0 Å². The molecular formula is C8H13N3. The molecule has 0 unspecified atom stereocenters. The number of rotatable bonds is 1. The maximum Gasteiger partial charge on any atom is 0.173 e. The lowest BCUT2D eigenvalue weighted by Crippen LogP contribution is -2.22. The lowest BCUT2D eigenvalue weighted by molar-refractivity contribution is 0.354. The molecule has 3 nitrogen and oxygen atoms in total. The fourth-order valence-electron chi connectivity index (χ4n) is 0.693. The van der Waals surface area contributed by atoms with Crippen molar-refractivity contribution in [1.29, 1.82) is 0 Å². The molecule has 60 valence electrons. The van der Waals surface area contributed by atoms with E-state index in [0.717, 1.165) is 0 Å². The lowest BCUT2D eigenvalue weighted by atomic mass is 10.1. The summed E-state index contributed by atoms with van der Waals surface area (Å²) in [5.41, 5.74) is 0.00819. The van der Waals surface area contributed by atoms with E-state index in [1.54, 1.807) is 12.4 Å². The Morgan fingerprint density at radius 3 is 2.45 bits per heavy atom. The van der Waals surface area contributed by atoms with E-state index in [2.05, 4.69) is 37.4 Å². The highest BCUT2D eigenvalue weighted by Gasteiger charge is 2.13. The highest BCUT2D eigenvalue weighted by Crippen LogP contribution is 2.10. The van der Waals surface area contributed by atoms with Crippen LogP contribution in [0.3, 0.4) is 0 Å². The van der Waals surface area contributed by atoms with Crippen LogP contribution < -0.4 is 0 Å². The molecule has 0 bridgehead atoms. The average molecular weight is 151 g/mol. The van der Waals surface area contributed by atoms with Crippen molar-refractivity contribution in [3.05, 3.63) is 18.7 Å². The maximum atomic E-state index is 4.19. The van der Waals surface area contributed by atoms with E-state index in [0.29, 0.717) is 5.82 Å². The fraction of sp³-hybridized carbons (Fsp3) is 0.500. The summed E-state index contributed by atoms with van der Waals surface area (Å²) < 4.78 is 1.82. The first-order valence-electron chi connectivity index (χ1n) is 3.58. The zero-order valence-corrected chi connectivity index (χ0v) is 7.20. The van der Waals surface area contributed by atoms with E-state index in [-0.39, 0.29) is 5.54 Å². The topological polar surface area (TPSA) is 30.7 Å². The van der Waals surface area contributed by atoms with E-state index >= 15 is 0 Å². The van der Waals surface area contributed by atoms with E-state index in [1.165, 1.54) is 0 Å². The number of hydrogen-bond donors (Lipinski definition) is 0. The molecule has 0 aliphatic rings. The van der Waals surface area contributed by atoms with Crippen molar-refractivity contribution >= 4 is 6.08 Å². The van der Waals surface area contributed by atoms with Gasteiger partial charge in [0, 0.05) is 0 Å². The van der Waals surface area contributed by atoms with E-state index in [9.17, 15) is 0 Å². The minimum Gasteiger partial charge on any atom is -0.247 e. The summed E-state index contributed by atoms with van der Waals surface area (Å²) in [6.45, 7) is 9.82. The van der Waals surface area contributed by atoms with Gasteiger partial charge in [0.25, 0.3) is 0 Å². The first kappa shape index (κ1) is 7.98. The van der Waals surface area contributed by atoms with Gasteiger partial charge >= 0.3 is 0 Å². The Hall–Kier alpha value is -1.12. The molecule has 0 N–H and O–H groups in total. The summed E-state index contributed by atoms with van der Waals surface area (Å²) in [5, 5.41) is 4.19. The average Bonchev–Trinajstić information content (AvgIpc) is 2.32. The Kier molecular flexibility index (Phi) is 1.81. The van der Waals surface area contributed by atoms with Crippen molar-refractivity contribution in [3.8, 4) is 0 Å². The molecule has 0 aromatic carbocycles. The smallest absolute Gasteiger partial charge is 0.173 e. The molecule has 0 saturated carbocycles. The largest absolute Gasteiger partial charge is 0.247 e. The first-order chi connectivity index (χ1) is 5.04. The predicted molar refractivity (Wildman–Crippen MR) is 45.1 cm³/mol. The zero-order chi connectivity index (χ0) is 8.48. The van der Waals surface area contributed by atoms with Crippen LogP contribution in [0.1, 0.15) is 26.6 Å². The number of nitrogens with zero attached hydrogens (tertiary/aromatic N) is 3. The summed E-state index contributed by atoms with van der Waals surface area (Å²) in [7, 11) is 0. The number of hydrogen-bond acceptors (Lipinski definition) is 2. The molecule has 0 spiro atoms. The van der Waals surface area contributed by atoms with Gasteiger partial charge in [-0.1, -0.05) is 6.58 Å². The highest BCUT2D eigenvalue weighted by molar-refractivity contribution is 5.34. The molecule has 1 rings (SSSR count). The van der Waals surface area contributed by atoms with Gasteiger partial charge in [-0.3, -0.25) is 0 Å². The third kappa shape index (κ3) is 1.67. The lowest BCUT2D eigenvalue weighted by Gasteiger charge is -2.17. The monoisotopic (exact) mass is 151 g/mol. The molecule has 0 aliphatic heterocycles. The van der Waals surface area contributed by atoms with Gasteiger partial charge in [-0.05, 0) is 26.8 Å². The first-order valence-corrected chi connectivity index (χ1v) is 3.58. The normalized spacial score (nSPS) is 11.5. The Labute approximate surface area is 66.8 Å². The van der Waals surface area contributed by atoms with Gasteiger partial charge in [-0.25, -0.2) is 9.67 Å². The van der Waals surface area contributed by atoms with Gasteiger partial charge in [0.15, 0.2) is 5.82 Å². The number of aromatic nitrogens is 3. The standard InChI is InChI=1S/C8H13N3/c1-5-7-9-6-11(10-7)8(2,3)4/h5-6H,1H2,2-4H3. The molecule has 0 amide bonds. The molecule has 0 aliphatic carbocycles. The molecule has 0 fully saturated rings. The maximum absolute atomic E-state index is 4.19. The van der Waals surface area contributed by atoms with Crippen LogP contribution in [-0.4, -0.2) is 14.8 Å². The van der Waals surface area contributed by atoms with Gasteiger partial charge in [0.1, 0.15) is 6.33 Å². The molecule has 0 radical (unpaired) electrons. The molecule has 0 atom stereocenters. The molecule has 1 aromatic heterocycles. The summed E-state index contributed by atoms with van der Waals surface area (Å²) >= 11 is 0. The SMILES string of the molecule is C=Cc1ncn(C(C)(C)C)n1. The molecule has 1 heterocycles. The van der Waals surface area contributed by atoms with Gasteiger partial charge in [0.2, 0.25) is 0 Å². The van der Waals surface area contributed by atoms with Crippen LogP contribution in [0.2, 0.25) is 0 Å². The van der Waals surface area contributed by atoms with Crippen molar-refractivity contribution in [2.45, 2.75) is 26.3 Å². The molecule has 3 heteroatoms. The fourth-order valence-corrected chi connectivity index (χ4v) is 0.693. The predicted octanol–water partition coefficient (Wildman–Crippen LogP) is 1.68. The van der Waals surface area contributed by atoms with Crippen molar-refractivity contribution in [1.82, 2.24) is 14.8 Å². The van der Waals surface area contributed by atoms with Crippen LogP contribution in [0.4, 0.5) is 0 Å². The van der Waals surface area contributed by atoms with Crippen LogP contribution >= 0.6 is 0 Å². The Morgan fingerprint density at radius 1 is 1.55 bits per heavy atom. The Morgan fingerprint density at radius 2 is 2.18 bits per heavy atom. The van der Waals surface area contributed by atoms with Crippen molar-refractivity contribution in [2.24, 2.45) is 0 Å². The third-order valence-electron chi connectivity index (χ3n) is 1.38. The third-order valence-corrected chi connectivity index (χ3v) is 1.38. The summed E-state index contributed by atoms with van der Waals surface area (Å²) in [6.07, 6.45) is 3.36. The highest BCUT2D eigenvalue weighted by atomic mass is 15.4. The van der Waals surface area contributed by atoms with Gasteiger partial charge in [-0.2, -0.15) is 5.10 Å². The molecular weight excluding hydrogens is 138 g/mol. The Balaban J connectivity index is 2.98. The summed E-state index contributed by atoms with van der Waals surface area (Å²) in [4.78, 5) is 4.03. The van der Waals surface area contributed by atoms with Crippen LogP contribution in [-0.2, 0) is 5.54 Å². The van der Waals surface area contributed by atoms with Gasteiger partial charge in [0.05, 0.1) is 5.54 Å². The van der Waals surface area contributed by atoms with Crippen LogP contribution in [0, 0.1) is 0 Å². The van der Waals surface area contributed by atoms with Gasteiger partial charge in [-0.15, -0.1) is 0 Å². The van der Waals surface area contributed by atoms with Crippen LogP contribution in [0.15, 0.2) is 12.9 Å². The zero-order valence-electron chi connectivity index (χ0n) is 7.20. The minimum absolute atomic E-state index is 0.00819. The van der Waals surface area contributed by atoms with Crippen molar-refractivity contribution in [3.63, 3.8) is 0 Å². The Bertz CT molecular complexity index is 255. The van der Waals surface area contributed by atoms with Gasteiger partial charge < -0.3 is 0 Å². The second-order valence-electron chi connectivity index (χ2n) is 3.42. The summed E-state index contributed by atoms with van der Waals surface area (Å²) in [5.74, 6) is 0.680. The molecule has 11 heavy (non-hydrogen) atoms. The van der Waals surface area contributed by atoms with Crippen LogP contribution in [0.25, 0.3) is 6.08 Å². The van der Waals surface area contributed by atoms with Crippen molar-refractivity contribution in [2.75, 3.05) is 0 Å². The van der Waals surface area contributed by atoms with Crippen LogP contribution in [0.5, 0.6) is 0 Å². The summed E-state index contributed by atoms with van der Waals surface area (Å²) in [6, 6.07) is 0. The van der Waals surface area contributed by atoms with E-state index in [4.69, 9.17) is 0 Å². The van der Waals surface area contributed by atoms with E-state index < -0.39 is 0 Å².